The van der Waals surface area contributed by atoms with Gasteiger partial charge in [-0.3, -0.25) is 9.59 Å². The number of fused-ring (bicyclic) bond motifs is 1. The van der Waals surface area contributed by atoms with E-state index in [2.05, 4.69) is 24.4 Å². The van der Waals surface area contributed by atoms with E-state index in [0.717, 1.165) is 25.0 Å². The van der Waals surface area contributed by atoms with Gasteiger partial charge in [-0.05, 0) is 61.6 Å². The minimum Gasteiger partial charge on any atom is -0.494 e. The zero-order valence-electron chi connectivity index (χ0n) is 18.6. The maximum atomic E-state index is 12.5. The van der Waals surface area contributed by atoms with Crippen LogP contribution in [0.25, 0.3) is 0 Å². The van der Waals surface area contributed by atoms with Crippen molar-refractivity contribution >= 4 is 23.2 Å². The van der Waals surface area contributed by atoms with E-state index in [1.165, 1.54) is 5.56 Å². The lowest BCUT2D eigenvalue weighted by Gasteiger charge is -2.30. The molecule has 1 heterocycles. The Morgan fingerprint density at radius 2 is 1.87 bits per heavy atom. The molecule has 0 aromatic heterocycles. The lowest BCUT2D eigenvalue weighted by atomic mass is 10.0. The van der Waals surface area contributed by atoms with Crippen molar-refractivity contribution < 1.29 is 19.1 Å². The van der Waals surface area contributed by atoms with E-state index in [1.807, 2.05) is 44.2 Å². The normalized spacial score (nSPS) is 13.0. The molecule has 2 amide bonds. The summed E-state index contributed by atoms with van der Waals surface area (Å²) in [7, 11) is 0. The summed E-state index contributed by atoms with van der Waals surface area (Å²) in [6.45, 7) is 7.19. The van der Waals surface area contributed by atoms with Crippen LogP contribution in [0.3, 0.4) is 0 Å². The van der Waals surface area contributed by atoms with Crippen molar-refractivity contribution in [3.63, 3.8) is 0 Å². The fourth-order valence-corrected chi connectivity index (χ4v) is 3.66. The van der Waals surface area contributed by atoms with Gasteiger partial charge >= 0.3 is 0 Å². The fourth-order valence-electron chi connectivity index (χ4n) is 3.66. The van der Waals surface area contributed by atoms with Crippen LogP contribution in [0.4, 0.5) is 11.4 Å². The van der Waals surface area contributed by atoms with Crippen LogP contribution < -0.4 is 19.7 Å². The van der Waals surface area contributed by atoms with Gasteiger partial charge in [0.05, 0.1) is 12.3 Å². The molecular formula is C25H32N2O4. The van der Waals surface area contributed by atoms with Gasteiger partial charge in [0.2, 0.25) is 5.91 Å². The topological polar surface area (TPSA) is 67.9 Å². The lowest BCUT2D eigenvalue weighted by molar-refractivity contribution is -0.121. The molecular weight excluding hydrogens is 392 g/mol. The van der Waals surface area contributed by atoms with Crippen molar-refractivity contribution in [3.8, 4) is 11.5 Å². The van der Waals surface area contributed by atoms with E-state index < -0.39 is 0 Å². The van der Waals surface area contributed by atoms with Crippen molar-refractivity contribution in [2.75, 3.05) is 30.0 Å². The fraction of sp³-hybridized carbons (Fsp3) is 0.440. The largest absolute Gasteiger partial charge is 0.494 e. The highest BCUT2D eigenvalue weighted by Gasteiger charge is 2.26. The molecule has 6 heteroatoms. The molecule has 31 heavy (non-hydrogen) atoms. The van der Waals surface area contributed by atoms with Gasteiger partial charge in [-0.1, -0.05) is 32.9 Å². The van der Waals surface area contributed by atoms with Gasteiger partial charge in [0, 0.05) is 18.2 Å². The molecule has 2 aromatic carbocycles. The highest BCUT2D eigenvalue weighted by molar-refractivity contribution is 5.99. The highest BCUT2D eigenvalue weighted by atomic mass is 16.5. The third-order valence-corrected chi connectivity index (χ3v) is 5.65. The Morgan fingerprint density at radius 3 is 2.55 bits per heavy atom. The molecule has 0 saturated carbocycles. The van der Waals surface area contributed by atoms with Crippen molar-refractivity contribution in [2.45, 2.75) is 46.5 Å². The number of carbonyl (C=O) groups excluding carboxylic acids is 2. The molecule has 0 spiro atoms. The third kappa shape index (κ3) is 5.78. The Labute approximate surface area is 184 Å². The molecule has 166 valence electrons. The summed E-state index contributed by atoms with van der Waals surface area (Å²) in [6, 6.07) is 13.5. The number of carbonyl (C=O) groups is 2. The van der Waals surface area contributed by atoms with E-state index in [9.17, 15) is 9.59 Å². The highest BCUT2D eigenvalue weighted by Crippen LogP contribution is 2.35. The summed E-state index contributed by atoms with van der Waals surface area (Å²) in [6.07, 6.45) is 3.27. The van der Waals surface area contributed by atoms with Crippen LogP contribution in [0.2, 0.25) is 0 Å². The minimum absolute atomic E-state index is 0.00189. The molecule has 0 unspecified atom stereocenters. The maximum absolute atomic E-state index is 12.5. The summed E-state index contributed by atoms with van der Waals surface area (Å²) < 4.78 is 11.4. The van der Waals surface area contributed by atoms with Crippen LogP contribution in [0, 0.1) is 5.92 Å². The first-order valence-electron chi connectivity index (χ1n) is 11.2. The number of rotatable bonds is 10. The first-order valence-corrected chi connectivity index (χ1v) is 11.2. The number of hydrogen-bond donors (Lipinski definition) is 1. The second-order valence-corrected chi connectivity index (χ2v) is 7.72. The van der Waals surface area contributed by atoms with E-state index in [0.29, 0.717) is 36.7 Å². The second-order valence-electron chi connectivity index (χ2n) is 7.72. The monoisotopic (exact) mass is 424 g/mol. The number of nitrogens with zero attached hydrogens (tertiary/aromatic N) is 1. The van der Waals surface area contributed by atoms with E-state index in [-0.39, 0.29) is 24.3 Å². The molecule has 2 aromatic rings. The van der Waals surface area contributed by atoms with Crippen molar-refractivity contribution in [1.82, 2.24) is 0 Å². The number of nitrogens with one attached hydrogen (secondary N) is 1. The van der Waals surface area contributed by atoms with Crippen LogP contribution in [-0.4, -0.2) is 31.6 Å². The quantitative estimate of drug-likeness (QED) is 0.556. The summed E-state index contributed by atoms with van der Waals surface area (Å²) in [5, 5.41) is 2.97. The lowest BCUT2D eigenvalue weighted by Crippen LogP contribution is -2.40. The molecule has 0 bridgehead atoms. The van der Waals surface area contributed by atoms with E-state index >= 15 is 0 Å². The first-order chi connectivity index (χ1) is 15.0. The minimum atomic E-state index is -0.0942. The summed E-state index contributed by atoms with van der Waals surface area (Å²) in [5.74, 6) is 1.37. The van der Waals surface area contributed by atoms with Gasteiger partial charge in [-0.2, -0.15) is 0 Å². The molecule has 0 fully saturated rings. The number of benzene rings is 2. The molecule has 0 aliphatic carbocycles. The zero-order valence-corrected chi connectivity index (χ0v) is 18.6. The van der Waals surface area contributed by atoms with Gasteiger partial charge < -0.3 is 19.7 Å². The maximum Gasteiger partial charge on any atom is 0.265 e. The number of aryl methyl sites for hydroxylation is 1. The van der Waals surface area contributed by atoms with Crippen LogP contribution >= 0.6 is 0 Å². The predicted molar refractivity (Wildman–Crippen MR) is 123 cm³/mol. The average molecular weight is 425 g/mol. The SMILES string of the molecule is CCc1ccc(OCCCN2C(=O)COc3ccc(NC(=O)C(CC)CC)cc32)cc1. The van der Waals surface area contributed by atoms with Crippen LogP contribution in [0.1, 0.15) is 45.6 Å². The standard InChI is InChI=1S/C25H32N2O4/c1-4-18-8-11-21(12-9-18)30-15-7-14-27-22-16-20(26-25(29)19(5-2)6-3)10-13-23(22)31-17-24(27)28/h8-13,16,19H,4-7,14-15,17H2,1-3H3,(H,26,29). The molecule has 0 saturated heterocycles. The van der Waals surface area contributed by atoms with Crippen LogP contribution in [0.5, 0.6) is 11.5 Å². The summed E-state index contributed by atoms with van der Waals surface area (Å²) >= 11 is 0. The van der Waals surface area contributed by atoms with E-state index in [1.54, 1.807) is 4.90 Å². The van der Waals surface area contributed by atoms with Gasteiger partial charge in [0.15, 0.2) is 6.61 Å². The number of ether oxygens (including phenoxy) is 2. The van der Waals surface area contributed by atoms with Crippen molar-refractivity contribution in [2.24, 2.45) is 5.92 Å². The third-order valence-electron chi connectivity index (χ3n) is 5.65. The smallest absolute Gasteiger partial charge is 0.265 e. The molecule has 0 radical (unpaired) electrons. The van der Waals surface area contributed by atoms with Crippen LogP contribution in [-0.2, 0) is 16.0 Å². The summed E-state index contributed by atoms with van der Waals surface area (Å²) in [4.78, 5) is 26.7. The number of anilines is 2. The zero-order chi connectivity index (χ0) is 22.2. The Bertz CT molecular complexity index is 891. The second kappa shape index (κ2) is 10.8. The molecule has 1 N–H and O–H groups in total. The Morgan fingerprint density at radius 1 is 1.13 bits per heavy atom. The Hall–Kier alpha value is -3.02. The van der Waals surface area contributed by atoms with E-state index in [4.69, 9.17) is 9.47 Å². The Balaban J connectivity index is 1.62. The number of amides is 2. The predicted octanol–water partition coefficient (Wildman–Crippen LogP) is 4.82. The van der Waals surface area contributed by atoms with Crippen molar-refractivity contribution in [3.05, 3.63) is 48.0 Å². The Kier molecular flexibility index (Phi) is 7.93. The molecule has 1 aliphatic heterocycles. The van der Waals surface area contributed by atoms with Crippen molar-refractivity contribution in [1.29, 1.82) is 0 Å². The van der Waals surface area contributed by atoms with Crippen LogP contribution in [0.15, 0.2) is 42.5 Å². The van der Waals surface area contributed by atoms with Gasteiger partial charge in [0.1, 0.15) is 11.5 Å². The molecule has 3 rings (SSSR count). The average Bonchev–Trinajstić information content (AvgIpc) is 2.79. The van der Waals surface area contributed by atoms with Gasteiger partial charge in [-0.25, -0.2) is 0 Å². The van der Waals surface area contributed by atoms with Gasteiger partial charge in [-0.15, -0.1) is 0 Å². The first kappa shape index (κ1) is 22.7. The molecule has 0 atom stereocenters. The molecule has 6 nitrogen and oxygen atoms in total. The summed E-state index contributed by atoms with van der Waals surface area (Å²) in [5.41, 5.74) is 2.63. The van der Waals surface area contributed by atoms with Gasteiger partial charge in [0.25, 0.3) is 5.91 Å². The molecule has 1 aliphatic rings. The number of hydrogen-bond acceptors (Lipinski definition) is 4.